The molecule has 6 nitrogen and oxygen atoms in total. The number of rotatable bonds is 6. The second kappa shape index (κ2) is 7.85. The van der Waals surface area contributed by atoms with Gasteiger partial charge in [0.1, 0.15) is 0 Å². The fourth-order valence-electron chi connectivity index (χ4n) is 3.16. The molecule has 0 radical (unpaired) electrons. The number of anilines is 1. The molecule has 0 saturated carbocycles. The van der Waals surface area contributed by atoms with Crippen LogP contribution in [0.2, 0.25) is 0 Å². The van der Waals surface area contributed by atoms with Gasteiger partial charge in [-0.25, -0.2) is 21.6 Å². The van der Waals surface area contributed by atoms with Crippen molar-refractivity contribution < 1.29 is 16.8 Å². The predicted octanol–water partition coefficient (Wildman–Crippen LogP) is 3.72. The summed E-state index contributed by atoms with van der Waals surface area (Å²) in [5.74, 6) is 0. The van der Waals surface area contributed by atoms with Gasteiger partial charge in [0.15, 0.2) is 0 Å². The Morgan fingerprint density at radius 3 is 1.54 bits per heavy atom. The Morgan fingerprint density at radius 2 is 1.11 bits per heavy atom. The smallest absolute Gasteiger partial charge is 0.262 e. The standard InChI is InChI=1S/C20H28N2O4S2/c1-12(2)21-27(23,24)19-10-8-18(9-11-19)22-28(25,26)20-16(6)14(4)13(3)15(5)17(20)7/h8-12,21-22H,1-7H3. The van der Waals surface area contributed by atoms with Crippen molar-refractivity contribution in [2.45, 2.75) is 64.3 Å². The van der Waals surface area contributed by atoms with Crippen LogP contribution < -0.4 is 9.44 Å². The Kier molecular flexibility index (Phi) is 6.28. The van der Waals surface area contributed by atoms with Gasteiger partial charge in [0.05, 0.1) is 9.79 Å². The molecule has 0 unspecified atom stereocenters. The minimum absolute atomic E-state index is 0.0820. The van der Waals surface area contributed by atoms with Crippen molar-refractivity contribution in [3.63, 3.8) is 0 Å². The van der Waals surface area contributed by atoms with Gasteiger partial charge in [0.25, 0.3) is 10.0 Å². The van der Waals surface area contributed by atoms with Gasteiger partial charge in [0, 0.05) is 11.7 Å². The zero-order valence-corrected chi connectivity index (χ0v) is 19.0. The minimum Gasteiger partial charge on any atom is -0.280 e. The van der Waals surface area contributed by atoms with Crippen LogP contribution in [0.15, 0.2) is 34.1 Å². The first kappa shape index (κ1) is 22.4. The van der Waals surface area contributed by atoms with E-state index in [2.05, 4.69) is 9.44 Å². The van der Waals surface area contributed by atoms with Crippen molar-refractivity contribution in [1.82, 2.24) is 4.72 Å². The summed E-state index contributed by atoms with van der Waals surface area (Å²) in [6.45, 7) is 12.9. The van der Waals surface area contributed by atoms with Gasteiger partial charge in [-0.2, -0.15) is 0 Å². The summed E-state index contributed by atoms with van der Waals surface area (Å²) in [7, 11) is -7.45. The molecule has 0 aliphatic heterocycles. The van der Waals surface area contributed by atoms with Crippen LogP contribution in [-0.4, -0.2) is 22.9 Å². The lowest BCUT2D eigenvalue weighted by molar-refractivity contribution is 0.570. The zero-order valence-electron chi connectivity index (χ0n) is 17.3. The van der Waals surface area contributed by atoms with Gasteiger partial charge in [-0.05, 0) is 101 Å². The molecule has 0 amide bonds. The maximum atomic E-state index is 13.0. The van der Waals surface area contributed by atoms with Crippen LogP contribution >= 0.6 is 0 Å². The minimum atomic E-state index is -3.82. The van der Waals surface area contributed by atoms with Gasteiger partial charge in [-0.1, -0.05) is 0 Å². The van der Waals surface area contributed by atoms with E-state index in [1.165, 1.54) is 24.3 Å². The molecule has 154 valence electrons. The number of hydrogen-bond acceptors (Lipinski definition) is 4. The average Bonchev–Trinajstić information content (AvgIpc) is 2.57. The van der Waals surface area contributed by atoms with E-state index in [4.69, 9.17) is 0 Å². The summed E-state index contributed by atoms with van der Waals surface area (Å²) in [5, 5.41) is 0. The average molecular weight is 425 g/mol. The molecular formula is C20H28N2O4S2. The number of hydrogen-bond donors (Lipinski definition) is 2. The van der Waals surface area contributed by atoms with E-state index in [0.717, 1.165) is 16.7 Å². The first-order chi connectivity index (χ1) is 12.8. The van der Waals surface area contributed by atoms with Crippen molar-refractivity contribution in [2.75, 3.05) is 4.72 Å². The van der Waals surface area contributed by atoms with Gasteiger partial charge >= 0.3 is 0 Å². The monoisotopic (exact) mass is 424 g/mol. The molecule has 2 N–H and O–H groups in total. The summed E-state index contributed by atoms with van der Waals surface area (Å²) in [6.07, 6.45) is 0. The van der Waals surface area contributed by atoms with Crippen LogP contribution in [0.25, 0.3) is 0 Å². The van der Waals surface area contributed by atoms with Crippen LogP contribution in [-0.2, 0) is 20.0 Å². The highest BCUT2D eigenvalue weighted by molar-refractivity contribution is 7.92. The summed E-state index contributed by atoms with van der Waals surface area (Å²) in [6, 6.07) is 5.43. The molecule has 0 spiro atoms. The maximum Gasteiger partial charge on any atom is 0.262 e. The molecule has 0 fully saturated rings. The lowest BCUT2D eigenvalue weighted by Crippen LogP contribution is -2.30. The van der Waals surface area contributed by atoms with Crippen LogP contribution in [0, 0.1) is 34.6 Å². The summed E-state index contributed by atoms with van der Waals surface area (Å²) < 4.78 is 55.6. The second-order valence-electron chi connectivity index (χ2n) is 7.36. The van der Waals surface area contributed by atoms with Crippen LogP contribution in [0.5, 0.6) is 0 Å². The molecule has 2 rings (SSSR count). The molecule has 0 aliphatic rings. The fourth-order valence-corrected chi connectivity index (χ4v) is 6.07. The van der Waals surface area contributed by atoms with Gasteiger partial charge in [-0.15, -0.1) is 0 Å². The molecule has 0 atom stereocenters. The first-order valence-corrected chi connectivity index (χ1v) is 12.0. The fraction of sp³-hybridized carbons (Fsp3) is 0.400. The third kappa shape index (κ3) is 4.39. The van der Waals surface area contributed by atoms with E-state index >= 15 is 0 Å². The third-order valence-electron chi connectivity index (χ3n) is 5.01. The van der Waals surface area contributed by atoms with Crippen molar-refractivity contribution >= 4 is 25.7 Å². The van der Waals surface area contributed by atoms with Gasteiger partial charge in [-0.3, -0.25) is 4.72 Å². The lowest BCUT2D eigenvalue weighted by atomic mass is 9.95. The third-order valence-corrected chi connectivity index (χ3v) is 8.34. The molecule has 0 heterocycles. The van der Waals surface area contributed by atoms with Crippen LogP contribution in [0.1, 0.15) is 41.7 Å². The predicted molar refractivity (Wildman–Crippen MR) is 113 cm³/mol. The normalized spacial score (nSPS) is 12.4. The van der Waals surface area contributed by atoms with E-state index in [-0.39, 0.29) is 15.8 Å². The molecule has 0 aromatic heterocycles. The number of benzene rings is 2. The molecule has 8 heteroatoms. The quantitative estimate of drug-likeness (QED) is 0.739. The van der Waals surface area contributed by atoms with Crippen LogP contribution in [0.4, 0.5) is 5.69 Å². The first-order valence-electron chi connectivity index (χ1n) is 9.00. The molecule has 2 aromatic carbocycles. The van der Waals surface area contributed by atoms with Crippen molar-refractivity contribution in [2.24, 2.45) is 0 Å². The van der Waals surface area contributed by atoms with Crippen LogP contribution in [0.3, 0.4) is 0 Å². The van der Waals surface area contributed by atoms with E-state index in [1.807, 2.05) is 20.8 Å². The summed E-state index contributed by atoms with van der Waals surface area (Å²) >= 11 is 0. The highest BCUT2D eigenvalue weighted by Gasteiger charge is 2.24. The van der Waals surface area contributed by atoms with Gasteiger partial charge < -0.3 is 0 Å². The maximum absolute atomic E-state index is 13.0. The second-order valence-corrected chi connectivity index (χ2v) is 10.7. The summed E-state index contributed by atoms with van der Waals surface area (Å²) in [5.41, 5.74) is 4.72. The molecule has 2 aromatic rings. The van der Waals surface area contributed by atoms with Gasteiger partial charge in [0.2, 0.25) is 10.0 Å². The van der Waals surface area contributed by atoms with E-state index in [1.54, 1.807) is 27.7 Å². The van der Waals surface area contributed by atoms with Crippen molar-refractivity contribution in [3.8, 4) is 0 Å². The number of sulfonamides is 2. The topological polar surface area (TPSA) is 92.3 Å². The Morgan fingerprint density at radius 1 is 0.679 bits per heavy atom. The van der Waals surface area contributed by atoms with E-state index in [0.29, 0.717) is 16.8 Å². The van der Waals surface area contributed by atoms with Crippen molar-refractivity contribution in [3.05, 3.63) is 52.1 Å². The Hall–Kier alpha value is -1.90. The Bertz CT molecular complexity index is 1070. The summed E-state index contributed by atoms with van der Waals surface area (Å²) in [4.78, 5) is 0.352. The zero-order chi connectivity index (χ0) is 21.4. The highest BCUT2D eigenvalue weighted by atomic mass is 32.2. The van der Waals surface area contributed by atoms with E-state index in [9.17, 15) is 16.8 Å². The molecule has 0 aliphatic carbocycles. The molecule has 28 heavy (non-hydrogen) atoms. The SMILES string of the molecule is Cc1c(C)c(C)c(S(=O)(=O)Nc2ccc(S(=O)(=O)NC(C)C)cc2)c(C)c1C. The molecule has 0 saturated heterocycles. The Balaban J connectivity index is 2.42. The lowest BCUT2D eigenvalue weighted by Gasteiger charge is -2.19. The Labute approximate surface area is 168 Å². The van der Waals surface area contributed by atoms with E-state index < -0.39 is 20.0 Å². The highest BCUT2D eigenvalue weighted by Crippen LogP contribution is 2.31. The number of nitrogens with one attached hydrogen (secondary N) is 2. The largest absolute Gasteiger partial charge is 0.280 e. The molecule has 0 bridgehead atoms. The molecular weight excluding hydrogens is 396 g/mol. The van der Waals surface area contributed by atoms with Crippen molar-refractivity contribution in [1.29, 1.82) is 0 Å².